The highest BCUT2D eigenvalue weighted by atomic mass is 16.5. The smallest absolute Gasteiger partial charge is 0.251 e. The van der Waals surface area contributed by atoms with Gasteiger partial charge < -0.3 is 10.5 Å². The van der Waals surface area contributed by atoms with Crippen molar-refractivity contribution in [3.8, 4) is 0 Å². The third kappa shape index (κ3) is 3.02. The van der Waals surface area contributed by atoms with E-state index in [9.17, 15) is 4.79 Å². The van der Waals surface area contributed by atoms with Gasteiger partial charge in [-0.25, -0.2) is 4.99 Å². The number of ether oxygens (including phenoxy) is 1. The van der Waals surface area contributed by atoms with Gasteiger partial charge in [0.25, 0.3) is 5.91 Å². The van der Waals surface area contributed by atoms with Gasteiger partial charge in [0.15, 0.2) is 0 Å². The predicted molar refractivity (Wildman–Crippen MR) is 115 cm³/mol. The lowest BCUT2D eigenvalue weighted by Gasteiger charge is -2.42. The maximum absolute atomic E-state index is 13.5. The molecule has 5 saturated carbocycles. The Morgan fingerprint density at radius 1 is 1.17 bits per heavy atom. The Hall–Kier alpha value is -1.52. The maximum atomic E-state index is 13.5. The molecule has 4 bridgehead atoms. The summed E-state index contributed by atoms with van der Waals surface area (Å²) in [5, 5.41) is 0. The molecule has 5 unspecified atom stereocenters. The van der Waals surface area contributed by atoms with Gasteiger partial charge in [-0.1, -0.05) is 30.3 Å². The van der Waals surface area contributed by atoms with Crippen molar-refractivity contribution in [1.29, 1.82) is 0 Å². The topological polar surface area (TPSA) is 64.7 Å². The van der Waals surface area contributed by atoms with Crippen LogP contribution in [0.2, 0.25) is 0 Å². The first-order valence-corrected chi connectivity index (χ1v) is 11.5. The number of aliphatic imine (C=N–C) groups is 1. The first-order valence-electron chi connectivity index (χ1n) is 11.5. The van der Waals surface area contributed by atoms with Crippen LogP contribution in [-0.2, 0) is 14.9 Å². The minimum absolute atomic E-state index is 0.130. The molecule has 4 nitrogen and oxygen atoms in total. The van der Waals surface area contributed by atoms with Crippen LogP contribution in [0.3, 0.4) is 0 Å². The van der Waals surface area contributed by atoms with Crippen molar-refractivity contribution in [3.05, 3.63) is 35.9 Å². The highest BCUT2D eigenvalue weighted by molar-refractivity contribution is 5.91. The zero-order valence-electron chi connectivity index (χ0n) is 17.6. The Bertz CT molecular complexity index is 785. The van der Waals surface area contributed by atoms with E-state index in [1.165, 1.54) is 18.4 Å². The molecule has 1 aromatic carbocycles. The van der Waals surface area contributed by atoms with Gasteiger partial charge in [-0.05, 0) is 86.6 Å². The average molecular weight is 395 g/mol. The highest BCUT2D eigenvalue weighted by Crippen LogP contribution is 2.71. The van der Waals surface area contributed by atoms with Gasteiger partial charge in [0.05, 0.1) is 11.5 Å². The van der Waals surface area contributed by atoms with Crippen LogP contribution in [0.25, 0.3) is 0 Å². The molecule has 156 valence electrons. The average Bonchev–Trinajstić information content (AvgIpc) is 3.14. The zero-order chi connectivity index (χ0) is 20.1. The SMILES string of the molecule is COC1C2CC3(c4ccccc4)CC1C(C(=O)/N=C/C1CCC(CN)CC1)(C2)C3. The minimum atomic E-state index is -0.315. The Morgan fingerprint density at radius 3 is 2.62 bits per heavy atom. The number of amides is 1. The molecule has 4 heteroatoms. The Balaban J connectivity index is 1.38. The molecule has 5 atom stereocenters. The van der Waals surface area contributed by atoms with Crippen LogP contribution >= 0.6 is 0 Å². The fraction of sp³-hybridized carbons (Fsp3) is 0.680. The van der Waals surface area contributed by atoms with Gasteiger partial charge in [-0.2, -0.15) is 0 Å². The second kappa shape index (κ2) is 7.31. The van der Waals surface area contributed by atoms with Gasteiger partial charge in [0, 0.05) is 19.2 Å². The molecule has 1 amide bonds. The second-order valence-electron chi connectivity index (χ2n) is 10.3. The zero-order valence-corrected chi connectivity index (χ0v) is 17.6. The quantitative estimate of drug-likeness (QED) is 0.764. The van der Waals surface area contributed by atoms with E-state index < -0.39 is 0 Å². The van der Waals surface area contributed by atoms with Gasteiger partial charge >= 0.3 is 0 Å². The number of hydrogen-bond donors (Lipinski definition) is 1. The van der Waals surface area contributed by atoms with Crippen LogP contribution in [0.5, 0.6) is 0 Å². The molecule has 5 aliphatic carbocycles. The summed E-state index contributed by atoms with van der Waals surface area (Å²) in [4.78, 5) is 18.2. The number of nitrogens with zero attached hydrogens (tertiary/aromatic N) is 1. The van der Waals surface area contributed by atoms with Crippen molar-refractivity contribution in [1.82, 2.24) is 0 Å². The van der Waals surface area contributed by atoms with Crippen LogP contribution in [0.15, 0.2) is 35.3 Å². The molecule has 0 aliphatic heterocycles. The van der Waals surface area contributed by atoms with Crippen molar-refractivity contribution in [2.45, 2.75) is 62.9 Å². The summed E-state index contributed by atoms with van der Waals surface area (Å²) in [6.45, 7) is 0.787. The van der Waals surface area contributed by atoms with Gasteiger partial charge in [-0.15, -0.1) is 0 Å². The van der Waals surface area contributed by atoms with Crippen molar-refractivity contribution >= 4 is 12.1 Å². The first-order chi connectivity index (χ1) is 14.1. The van der Waals surface area contributed by atoms with Crippen LogP contribution in [0.4, 0.5) is 0 Å². The molecule has 2 N–H and O–H groups in total. The molecule has 0 heterocycles. The summed E-state index contributed by atoms with van der Waals surface area (Å²) in [5.41, 5.74) is 7.04. The summed E-state index contributed by atoms with van der Waals surface area (Å²) in [6.07, 6.45) is 10.9. The Kier molecular flexibility index (Phi) is 4.90. The third-order valence-corrected chi connectivity index (χ3v) is 8.83. The molecule has 0 radical (unpaired) electrons. The van der Waals surface area contributed by atoms with Crippen molar-refractivity contribution in [2.75, 3.05) is 13.7 Å². The number of rotatable bonds is 5. The molecule has 0 spiro atoms. The summed E-state index contributed by atoms with van der Waals surface area (Å²) in [5.74, 6) is 2.01. The Labute approximate surface area is 174 Å². The van der Waals surface area contributed by atoms with E-state index in [1.807, 2.05) is 13.3 Å². The first kappa shape index (κ1) is 19.4. The third-order valence-electron chi connectivity index (χ3n) is 8.83. The number of nitrogens with two attached hydrogens (primary N) is 1. The van der Waals surface area contributed by atoms with Crippen molar-refractivity contribution in [2.24, 2.45) is 39.8 Å². The fourth-order valence-electron chi connectivity index (χ4n) is 7.52. The maximum Gasteiger partial charge on any atom is 0.251 e. The summed E-state index contributed by atoms with van der Waals surface area (Å²) < 4.78 is 5.93. The van der Waals surface area contributed by atoms with E-state index in [-0.39, 0.29) is 22.8 Å². The molecule has 0 saturated heterocycles. The number of methoxy groups -OCH3 is 1. The van der Waals surface area contributed by atoms with Crippen LogP contribution < -0.4 is 5.73 Å². The highest BCUT2D eigenvalue weighted by Gasteiger charge is 2.71. The van der Waals surface area contributed by atoms with Gasteiger partial charge in [0.1, 0.15) is 0 Å². The molecule has 1 aromatic rings. The molecular weight excluding hydrogens is 360 g/mol. The van der Waals surface area contributed by atoms with Crippen molar-refractivity contribution in [3.63, 3.8) is 0 Å². The molecule has 5 aliphatic rings. The summed E-state index contributed by atoms with van der Waals surface area (Å²) in [7, 11) is 1.82. The number of hydrogen-bond acceptors (Lipinski definition) is 3. The molecule has 5 fully saturated rings. The summed E-state index contributed by atoms with van der Waals surface area (Å²) in [6, 6.07) is 10.9. The van der Waals surface area contributed by atoms with E-state index in [1.54, 1.807) is 0 Å². The number of carbonyl (C=O) groups is 1. The minimum Gasteiger partial charge on any atom is -0.381 e. The standard InChI is InChI=1S/C25H34N2O2/c1-29-22-19-11-24(20-5-3-2-4-6-20)13-21(22)25(12-19,16-24)23(28)27-15-18-9-7-17(14-26)8-10-18/h2-6,15,17-19,21-22H,7-14,16,26H2,1H3/b27-15+. The molecule has 29 heavy (non-hydrogen) atoms. The lowest BCUT2D eigenvalue weighted by Crippen LogP contribution is -2.39. The van der Waals surface area contributed by atoms with Crippen LogP contribution in [-0.4, -0.2) is 31.9 Å². The van der Waals surface area contributed by atoms with Crippen LogP contribution in [0, 0.1) is 29.1 Å². The molecule has 0 aromatic heterocycles. The van der Waals surface area contributed by atoms with Gasteiger partial charge in [0.2, 0.25) is 0 Å². The fourth-order valence-corrected chi connectivity index (χ4v) is 7.52. The monoisotopic (exact) mass is 394 g/mol. The van der Waals surface area contributed by atoms with Crippen molar-refractivity contribution < 1.29 is 9.53 Å². The van der Waals surface area contributed by atoms with E-state index >= 15 is 0 Å². The van der Waals surface area contributed by atoms with E-state index in [2.05, 4.69) is 35.3 Å². The number of carbonyl (C=O) groups excluding carboxylic acids is 1. The van der Waals surface area contributed by atoms with E-state index in [0.29, 0.717) is 23.7 Å². The van der Waals surface area contributed by atoms with E-state index in [4.69, 9.17) is 10.5 Å². The lowest BCUT2D eigenvalue weighted by atomic mass is 9.63. The Morgan fingerprint density at radius 2 is 1.93 bits per heavy atom. The summed E-state index contributed by atoms with van der Waals surface area (Å²) >= 11 is 0. The normalized spacial score (nSPS) is 43.3. The number of benzene rings is 1. The second-order valence-corrected chi connectivity index (χ2v) is 10.3. The van der Waals surface area contributed by atoms with Gasteiger partial charge in [-0.3, -0.25) is 4.79 Å². The largest absolute Gasteiger partial charge is 0.381 e. The molecule has 6 rings (SSSR count). The molecular formula is C25H34N2O2. The van der Waals surface area contributed by atoms with Crippen LogP contribution in [0.1, 0.15) is 56.9 Å². The van der Waals surface area contributed by atoms with E-state index in [0.717, 1.165) is 45.1 Å². The predicted octanol–water partition coefficient (Wildman–Crippen LogP) is 4.12. The lowest BCUT2D eigenvalue weighted by molar-refractivity contribution is -0.129.